The van der Waals surface area contributed by atoms with Crippen LogP contribution in [-0.4, -0.2) is 23.9 Å². The van der Waals surface area contributed by atoms with Crippen LogP contribution in [0.4, 0.5) is 14.5 Å². The number of carbonyl (C=O) groups is 2. The number of piperazine rings is 1. The Morgan fingerprint density at radius 3 is 2.22 bits per heavy atom. The van der Waals surface area contributed by atoms with Crippen molar-refractivity contribution in [3.05, 3.63) is 29.8 Å². The summed E-state index contributed by atoms with van der Waals surface area (Å²) in [6, 6.07) is 1.27. The van der Waals surface area contributed by atoms with Crippen LogP contribution in [0.3, 0.4) is 0 Å². The molecule has 1 aromatic rings. The van der Waals surface area contributed by atoms with Gasteiger partial charge in [-0.25, -0.2) is 8.78 Å². The predicted molar refractivity (Wildman–Crippen MR) is 60.9 cm³/mol. The fourth-order valence-electron chi connectivity index (χ4n) is 1.94. The Hall–Kier alpha value is -1.98. The van der Waals surface area contributed by atoms with Crippen LogP contribution in [0, 0.1) is 11.6 Å². The van der Waals surface area contributed by atoms with Crippen LogP contribution in [0.15, 0.2) is 18.2 Å². The Labute approximate surface area is 103 Å². The summed E-state index contributed by atoms with van der Waals surface area (Å²) in [4.78, 5) is 24.7. The summed E-state index contributed by atoms with van der Waals surface area (Å²) in [7, 11) is 0. The predicted octanol–water partition coefficient (Wildman–Crippen LogP) is 1.20. The lowest BCUT2D eigenvalue weighted by Crippen LogP contribution is -2.61. The molecule has 1 aliphatic rings. The van der Waals surface area contributed by atoms with Crippen molar-refractivity contribution in [2.24, 2.45) is 0 Å². The van der Waals surface area contributed by atoms with Crippen LogP contribution in [0.25, 0.3) is 0 Å². The number of carbonyl (C=O) groups excluding carboxylic acids is 2. The van der Waals surface area contributed by atoms with Crippen LogP contribution in [0.1, 0.15) is 13.8 Å². The molecule has 1 aliphatic heterocycles. The van der Waals surface area contributed by atoms with Crippen LogP contribution < -0.4 is 10.2 Å². The zero-order chi connectivity index (χ0) is 13.4. The Kier molecular flexibility index (Phi) is 3.02. The second-order valence-electron chi connectivity index (χ2n) is 4.24. The van der Waals surface area contributed by atoms with E-state index in [2.05, 4.69) is 5.32 Å². The van der Waals surface area contributed by atoms with Crippen molar-refractivity contribution in [1.29, 1.82) is 0 Å². The van der Waals surface area contributed by atoms with Gasteiger partial charge < -0.3 is 5.32 Å². The van der Waals surface area contributed by atoms with Gasteiger partial charge in [0.05, 0.1) is 5.69 Å². The molecule has 1 aromatic carbocycles. The summed E-state index contributed by atoms with van der Waals surface area (Å²) in [6.45, 7) is 3.02. The second-order valence-corrected chi connectivity index (χ2v) is 4.24. The molecule has 0 saturated carbocycles. The SMILES string of the molecule is CC1NC(=O)C(C)N(c2cc(F)cc(F)c2)C1=O. The molecule has 1 heterocycles. The molecular formula is C12H12F2N2O2. The highest BCUT2D eigenvalue weighted by molar-refractivity contribution is 6.07. The van der Waals surface area contributed by atoms with Crippen molar-refractivity contribution in [2.45, 2.75) is 25.9 Å². The minimum atomic E-state index is -0.796. The first-order valence-corrected chi connectivity index (χ1v) is 5.49. The first-order valence-electron chi connectivity index (χ1n) is 5.49. The van der Waals surface area contributed by atoms with Gasteiger partial charge in [-0.05, 0) is 26.0 Å². The van der Waals surface area contributed by atoms with Gasteiger partial charge in [0.2, 0.25) is 11.8 Å². The van der Waals surface area contributed by atoms with E-state index >= 15 is 0 Å². The maximum absolute atomic E-state index is 13.2. The zero-order valence-corrected chi connectivity index (χ0v) is 9.91. The third-order valence-electron chi connectivity index (χ3n) is 2.86. The topological polar surface area (TPSA) is 49.4 Å². The van der Waals surface area contributed by atoms with Crippen molar-refractivity contribution in [3.8, 4) is 0 Å². The number of hydrogen-bond acceptors (Lipinski definition) is 2. The summed E-state index contributed by atoms with van der Waals surface area (Å²) in [6.07, 6.45) is 0. The molecule has 1 fully saturated rings. The summed E-state index contributed by atoms with van der Waals surface area (Å²) in [5, 5.41) is 2.49. The number of halogens is 2. The first kappa shape index (κ1) is 12.5. The molecule has 18 heavy (non-hydrogen) atoms. The van der Waals surface area contributed by atoms with Gasteiger partial charge in [0.15, 0.2) is 0 Å². The van der Waals surface area contributed by atoms with Crippen LogP contribution >= 0.6 is 0 Å². The maximum Gasteiger partial charge on any atom is 0.250 e. The van der Waals surface area contributed by atoms with E-state index < -0.39 is 29.6 Å². The minimum absolute atomic E-state index is 0.0479. The maximum atomic E-state index is 13.2. The number of benzene rings is 1. The normalized spacial score (nSPS) is 24.1. The summed E-state index contributed by atoms with van der Waals surface area (Å²) >= 11 is 0. The van der Waals surface area contributed by atoms with Gasteiger partial charge in [-0.15, -0.1) is 0 Å². The molecule has 0 bridgehead atoms. The van der Waals surface area contributed by atoms with E-state index in [9.17, 15) is 18.4 Å². The van der Waals surface area contributed by atoms with E-state index in [0.717, 1.165) is 17.0 Å². The molecule has 1 N–H and O–H groups in total. The molecule has 2 amide bonds. The van der Waals surface area contributed by atoms with E-state index in [1.807, 2.05) is 0 Å². The van der Waals surface area contributed by atoms with Gasteiger partial charge in [-0.2, -0.15) is 0 Å². The number of nitrogens with zero attached hydrogens (tertiary/aromatic N) is 1. The third-order valence-corrected chi connectivity index (χ3v) is 2.86. The molecule has 2 unspecified atom stereocenters. The minimum Gasteiger partial charge on any atom is -0.343 e. The summed E-state index contributed by atoms with van der Waals surface area (Å²) in [5.74, 6) is -2.33. The van der Waals surface area contributed by atoms with Gasteiger partial charge in [-0.1, -0.05) is 0 Å². The van der Waals surface area contributed by atoms with Gasteiger partial charge >= 0.3 is 0 Å². The number of nitrogens with one attached hydrogen (secondary N) is 1. The molecule has 4 nitrogen and oxygen atoms in total. The Bertz CT molecular complexity index is 499. The largest absolute Gasteiger partial charge is 0.343 e. The molecule has 0 aliphatic carbocycles. The van der Waals surface area contributed by atoms with E-state index in [1.165, 1.54) is 13.8 Å². The lowest BCUT2D eigenvalue weighted by molar-refractivity contribution is -0.133. The molecule has 0 radical (unpaired) electrons. The van der Waals surface area contributed by atoms with Crippen LogP contribution in [0.2, 0.25) is 0 Å². The Balaban J connectivity index is 2.46. The number of amides is 2. The molecule has 1 saturated heterocycles. The third kappa shape index (κ3) is 2.05. The second kappa shape index (κ2) is 4.36. The van der Waals surface area contributed by atoms with Crippen molar-refractivity contribution < 1.29 is 18.4 Å². The van der Waals surface area contributed by atoms with Gasteiger partial charge in [-0.3, -0.25) is 14.5 Å². The number of anilines is 1. The average molecular weight is 254 g/mol. The van der Waals surface area contributed by atoms with Gasteiger partial charge in [0.1, 0.15) is 23.7 Å². The Morgan fingerprint density at radius 2 is 1.67 bits per heavy atom. The molecular weight excluding hydrogens is 242 g/mol. The lowest BCUT2D eigenvalue weighted by atomic mass is 10.1. The van der Waals surface area contributed by atoms with E-state index in [1.54, 1.807) is 0 Å². The van der Waals surface area contributed by atoms with Gasteiger partial charge in [0, 0.05) is 6.07 Å². The fourth-order valence-corrected chi connectivity index (χ4v) is 1.94. The Morgan fingerprint density at radius 1 is 1.11 bits per heavy atom. The molecule has 6 heteroatoms. The monoisotopic (exact) mass is 254 g/mol. The van der Waals surface area contributed by atoms with Crippen LogP contribution in [0.5, 0.6) is 0 Å². The number of rotatable bonds is 1. The molecule has 2 rings (SSSR count). The fraction of sp³-hybridized carbons (Fsp3) is 0.333. The van der Waals surface area contributed by atoms with Crippen molar-refractivity contribution in [2.75, 3.05) is 4.90 Å². The van der Waals surface area contributed by atoms with E-state index in [4.69, 9.17) is 0 Å². The highest BCUT2D eigenvalue weighted by Crippen LogP contribution is 2.23. The first-order chi connectivity index (χ1) is 8.40. The van der Waals surface area contributed by atoms with Crippen molar-refractivity contribution >= 4 is 17.5 Å². The quantitative estimate of drug-likeness (QED) is 0.818. The summed E-state index contributed by atoms with van der Waals surface area (Å²) < 4.78 is 26.3. The molecule has 0 aromatic heterocycles. The van der Waals surface area contributed by atoms with Gasteiger partial charge in [0.25, 0.3) is 0 Å². The molecule has 0 spiro atoms. The number of hydrogen-bond donors (Lipinski definition) is 1. The zero-order valence-electron chi connectivity index (χ0n) is 9.91. The summed E-state index contributed by atoms with van der Waals surface area (Å²) in [5.41, 5.74) is 0.0479. The molecule has 96 valence electrons. The van der Waals surface area contributed by atoms with Crippen LogP contribution in [-0.2, 0) is 9.59 Å². The standard InChI is InChI=1S/C12H12F2N2O2/c1-6-12(18)16(7(2)11(17)15-6)10-4-8(13)3-9(14)5-10/h3-7H,1-2H3,(H,15,17). The van der Waals surface area contributed by atoms with Crippen molar-refractivity contribution in [3.63, 3.8) is 0 Å². The average Bonchev–Trinajstić information content (AvgIpc) is 2.25. The molecule has 2 atom stereocenters. The highest BCUT2D eigenvalue weighted by Gasteiger charge is 2.36. The van der Waals surface area contributed by atoms with Crippen molar-refractivity contribution in [1.82, 2.24) is 5.32 Å². The van der Waals surface area contributed by atoms with E-state index in [0.29, 0.717) is 6.07 Å². The van der Waals surface area contributed by atoms with E-state index in [-0.39, 0.29) is 11.6 Å². The lowest BCUT2D eigenvalue weighted by Gasteiger charge is -2.36. The smallest absolute Gasteiger partial charge is 0.250 e. The highest BCUT2D eigenvalue weighted by atomic mass is 19.1.